The van der Waals surface area contributed by atoms with E-state index in [1.54, 1.807) is 0 Å². The van der Waals surface area contributed by atoms with E-state index in [0.29, 0.717) is 23.7 Å². The van der Waals surface area contributed by atoms with E-state index in [2.05, 4.69) is 52.1 Å². The van der Waals surface area contributed by atoms with Gasteiger partial charge >= 0.3 is 11.9 Å². The third kappa shape index (κ3) is 3.26. The van der Waals surface area contributed by atoms with Gasteiger partial charge in [-0.05, 0) is 80.5 Å². The molecular weight excluding hydrogens is 570 g/mol. The van der Waals surface area contributed by atoms with Crippen LogP contribution in [0.25, 0.3) is 0 Å². The van der Waals surface area contributed by atoms with Gasteiger partial charge in [0.15, 0.2) is 0 Å². The van der Waals surface area contributed by atoms with Gasteiger partial charge in [-0.1, -0.05) is 52.1 Å². The van der Waals surface area contributed by atoms with Crippen LogP contribution in [0.2, 0.25) is 0 Å². The molecule has 0 aromatic rings. The molecule has 152 valence electrons. The van der Waals surface area contributed by atoms with E-state index in [1.165, 1.54) is 6.42 Å². The summed E-state index contributed by atoms with van der Waals surface area (Å²) in [5, 5.41) is 10.0. The van der Waals surface area contributed by atoms with Crippen molar-refractivity contribution in [2.75, 3.05) is 8.86 Å². The highest BCUT2D eigenvalue weighted by Gasteiger charge is 2.67. The summed E-state index contributed by atoms with van der Waals surface area (Å²) < 4.78 is 8.36. The van der Waals surface area contributed by atoms with Crippen molar-refractivity contribution in [1.29, 1.82) is 0 Å². The van der Waals surface area contributed by atoms with E-state index in [4.69, 9.17) is 4.74 Å². The Balaban J connectivity index is 1.61. The summed E-state index contributed by atoms with van der Waals surface area (Å²) in [7, 11) is 0. The maximum absolute atomic E-state index is 13.3. The van der Waals surface area contributed by atoms with Crippen LogP contribution in [-0.2, 0) is 14.3 Å². The highest BCUT2D eigenvalue weighted by atomic mass is 127. The van der Waals surface area contributed by atoms with Gasteiger partial charge in [0.25, 0.3) is 0 Å². The van der Waals surface area contributed by atoms with Crippen LogP contribution in [0.15, 0.2) is 0 Å². The monoisotopic (exact) mass is 600 g/mol. The Hall–Kier alpha value is 0.400. The normalized spacial score (nSPS) is 44.4. The van der Waals surface area contributed by atoms with Crippen LogP contribution in [0.4, 0.5) is 0 Å². The van der Waals surface area contributed by atoms with Crippen LogP contribution in [0, 0.1) is 47.3 Å². The van der Waals surface area contributed by atoms with Crippen LogP contribution < -0.4 is 0 Å². The van der Waals surface area contributed by atoms with Crippen LogP contribution in [0.1, 0.15) is 51.9 Å². The van der Waals surface area contributed by atoms with Gasteiger partial charge in [0.2, 0.25) is 0 Å². The number of fused-ring (bicyclic) bond motifs is 5. The number of ether oxygens (including phenoxy) is 1. The van der Waals surface area contributed by atoms with Gasteiger partial charge in [0, 0.05) is 8.86 Å². The fourth-order valence-electron chi connectivity index (χ4n) is 7.35. The number of hydrogen-bond acceptors (Lipinski definition) is 3. The molecule has 4 nitrogen and oxygen atoms in total. The number of rotatable bonds is 6. The van der Waals surface area contributed by atoms with Crippen molar-refractivity contribution in [2.24, 2.45) is 47.3 Å². The molecule has 0 radical (unpaired) electrons. The maximum Gasteiger partial charge on any atom is 0.310 e. The van der Waals surface area contributed by atoms with Crippen molar-refractivity contribution in [3.05, 3.63) is 0 Å². The van der Waals surface area contributed by atoms with Crippen molar-refractivity contribution in [2.45, 2.75) is 57.5 Å². The van der Waals surface area contributed by atoms with E-state index in [1.807, 2.05) is 0 Å². The summed E-state index contributed by atoms with van der Waals surface area (Å²) in [5.41, 5.74) is -0.329. The third-order valence-corrected chi connectivity index (χ3v) is 10.7. The Kier molecular flexibility index (Phi) is 6.05. The number of carbonyl (C=O) groups excluding carboxylic acids is 1. The van der Waals surface area contributed by atoms with Gasteiger partial charge in [-0.2, -0.15) is 0 Å². The van der Waals surface area contributed by atoms with Crippen LogP contribution in [0.5, 0.6) is 0 Å². The molecule has 1 N–H and O–H groups in total. The van der Waals surface area contributed by atoms with Gasteiger partial charge in [0.05, 0.1) is 11.8 Å². The Morgan fingerprint density at radius 3 is 2.04 bits per heavy atom. The fourth-order valence-corrected chi connectivity index (χ4v) is 9.25. The second kappa shape index (κ2) is 7.91. The first-order chi connectivity index (χ1) is 13.0. The molecule has 0 aromatic heterocycles. The largest absolute Gasteiger partial charge is 0.481 e. The molecule has 0 aliphatic heterocycles. The lowest BCUT2D eigenvalue weighted by Gasteiger charge is -2.39. The van der Waals surface area contributed by atoms with Gasteiger partial charge in [0.1, 0.15) is 5.60 Å². The van der Waals surface area contributed by atoms with Crippen LogP contribution >= 0.6 is 45.2 Å². The van der Waals surface area contributed by atoms with Gasteiger partial charge in [-0.15, -0.1) is 0 Å². The van der Waals surface area contributed by atoms with E-state index < -0.39 is 17.8 Å². The predicted molar refractivity (Wildman–Crippen MR) is 120 cm³/mol. The second-order valence-electron chi connectivity index (χ2n) is 9.34. The molecule has 4 saturated carbocycles. The molecular formula is C21H30I2O4. The minimum atomic E-state index is -0.773. The lowest BCUT2D eigenvalue weighted by molar-refractivity contribution is -0.175. The minimum absolute atomic E-state index is 0.170. The molecule has 0 amide bonds. The number of aliphatic carboxylic acids is 1. The topological polar surface area (TPSA) is 63.6 Å². The summed E-state index contributed by atoms with van der Waals surface area (Å²) >= 11 is 4.96. The van der Waals surface area contributed by atoms with Crippen molar-refractivity contribution in [3.63, 3.8) is 0 Å². The highest BCUT2D eigenvalue weighted by molar-refractivity contribution is 14.1. The van der Waals surface area contributed by atoms with Crippen molar-refractivity contribution < 1.29 is 19.4 Å². The van der Waals surface area contributed by atoms with E-state index in [9.17, 15) is 14.7 Å². The van der Waals surface area contributed by atoms with Gasteiger partial charge < -0.3 is 9.84 Å². The molecule has 4 aliphatic rings. The smallest absolute Gasteiger partial charge is 0.310 e. The summed E-state index contributed by atoms with van der Waals surface area (Å²) in [6.45, 7) is 2.10. The SMILES string of the molecule is CCC1(OC(=O)C2C3CC(C2C(=O)O)C2C(CI)CC(CI)C32)CCCC1. The summed E-state index contributed by atoms with van der Waals surface area (Å²) in [4.78, 5) is 25.5. The lowest BCUT2D eigenvalue weighted by Crippen LogP contribution is -2.46. The van der Waals surface area contributed by atoms with Crippen LogP contribution in [0.3, 0.4) is 0 Å². The Bertz CT molecular complexity index is 603. The molecule has 8 unspecified atom stereocenters. The Labute approximate surface area is 189 Å². The van der Waals surface area contributed by atoms with E-state index >= 15 is 0 Å². The number of carboxylic acid groups (broad SMARTS) is 1. The average Bonchev–Trinajstić information content (AvgIpc) is 3.40. The number of hydrogen-bond donors (Lipinski definition) is 1. The first-order valence-electron chi connectivity index (χ1n) is 10.5. The van der Waals surface area contributed by atoms with Gasteiger partial charge in [-0.25, -0.2) is 0 Å². The first-order valence-corrected chi connectivity index (χ1v) is 13.6. The Morgan fingerprint density at radius 1 is 1.00 bits per heavy atom. The molecule has 0 saturated heterocycles. The molecule has 4 fully saturated rings. The molecule has 4 aliphatic carbocycles. The fraction of sp³-hybridized carbons (Fsp3) is 0.905. The number of carboxylic acids is 1. The zero-order chi connectivity index (χ0) is 19.3. The predicted octanol–water partition coefficient (Wildman–Crippen LogP) is 4.96. The number of esters is 1. The second-order valence-corrected chi connectivity index (χ2v) is 11.1. The van der Waals surface area contributed by atoms with Crippen molar-refractivity contribution >= 4 is 57.1 Å². The number of halogens is 2. The number of carbonyl (C=O) groups is 2. The average molecular weight is 600 g/mol. The van der Waals surface area contributed by atoms with Gasteiger partial charge in [-0.3, -0.25) is 9.59 Å². The molecule has 0 aromatic carbocycles. The maximum atomic E-state index is 13.3. The minimum Gasteiger partial charge on any atom is -0.481 e. The number of alkyl halides is 2. The summed E-state index contributed by atoms with van der Waals surface area (Å²) in [5.74, 6) is 0.772. The standard InChI is InChI=1S/C21H30I2O4/c1-2-21(5-3-4-6-21)27-20(26)18-14-8-13(17(18)19(24)25)15-11(9-22)7-12(10-23)16(14)15/h11-18H,2-10H2,1H3,(H,24,25). The van der Waals surface area contributed by atoms with Crippen molar-refractivity contribution in [3.8, 4) is 0 Å². The Morgan fingerprint density at radius 2 is 1.56 bits per heavy atom. The zero-order valence-electron chi connectivity index (χ0n) is 15.9. The third-order valence-electron chi connectivity index (χ3n) is 8.41. The van der Waals surface area contributed by atoms with Crippen LogP contribution in [-0.4, -0.2) is 31.5 Å². The summed E-state index contributed by atoms with van der Waals surface area (Å²) in [6.07, 6.45) is 7.07. The molecule has 0 spiro atoms. The van der Waals surface area contributed by atoms with E-state index in [-0.39, 0.29) is 23.4 Å². The molecule has 27 heavy (non-hydrogen) atoms. The van der Waals surface area contributed by atoms with E-state index in [0.717, 1.165) is 47.4 Å². The first kappa shape index (κ1) is 20.7. The molecule has 4 rings (SSSR count). The quantitative estimate of drug-likeness (QED) is 0.266. The highest BCUT2D eigenvalue weighted by Crippen LogP contribution is 2.67. The molecule has 0 heterocycles. The summed E-state index contributed by atoms with van der Waals surface area (Å²) in [6, 6.07) is 0. The lowest BCUT2D eigenvalue weighted by atomic mass is 9.66. The van der Waals surface area contributed by atoms with Crippen molar-refractivity contribution in [1.82, 2.24) is 0 Å². The molecule has 2 bridgehead atoms. The molecule has 6 heteroatoms. The molecule has 8 atom stereocenters. The zero-order valence-corrected chi connectivity index (χ0v) is 20.2.